The highest BCUT2D eigenvalue weighted by molar-refractivity contribution is 5.94. The van der Waals surface area contributed by atoms with Crippen LogP contribution in [0.4, 0.5) is 18.9 Å². The molecule has 0 spiro atoms. The van der Waals surface area contributed by atoms with Crippen LogP contribution in [0, 0.1) is 0 Å². The van der Waals surface area contributed by atoms with E-state index in [2.05, 4.69) is 5.32 Å². The number of hydrogen-bond acceptors (Lipinski definition) is 2. The average Bonchev–Trinajstić information content (AvgIpc) is 2.27. The third-order valence-electron chi connectivity index (χ3n) is 2.93. The van der Waals surface area contributed by atoms with Crippen LogP contribution in [0.3, 0.4) is 0 Å². The second kappa shape index (κ2) is 5.11. The van der Waals surface area contributed by atoms with Gasteiger partial charge >= 0.3 is 12.1 Å². The van der Waals surface area contributed by atoms with Gasteiger partial charge in [-0.2, -0.15) is 13.2 Å². The summed E-state index contributed by atoms with van der Waals surface area (Å²) in [4.78, 5) is 11.1. The van der Waals surface area contributed by atoms with Crippen molar-refractivity contribution in [2.45, 2.75) is 38.9 Å². The number of halogens is 3. The van der Waals surface area contributed by atoms with Crippen molar-refractivity contribution in [3.8, 4) is 0 Å². The summed E-state index contributed by atoms with van der Waals surface area (Å²) in [5.41, 5.74) is -1.56. The Balaban J connectivity index is 3.24. The molecule has 0 atom stereocenters. The fraction of sp³-hybridized carbons (Fsp3) is 0.462. The summed E-state index contributed by atoms with van der Waals surface area (Å²) in [6.45, 7) is 5.59. The molecule has 0 saturated carbocycles. The van der Waals surface area contributed by atoms with Crippen molar-refractivity contribution in [2.24, 2.45) is 0 Å². The lowest BCUT2D eigenvalue weighted by Gasteiger charge is -2.27. The summed E-state index contributed by atoms with van der Waals surface area (Å²) in [5, 5.41) is 12.0. The van der Waals surface area contributed by atoms with E-state index in [4.69, 9.17) is 5.11 Å². The number of carbonyl (C=O) groups is 1. The molecule has 0 aromatic heterocycles. The van der Waals surface area contributed by atoms with Crippen LogP contribution in [0.15, 0.2) is 18.2 Å². The molecule has 1 aromatic carbocycles. The zero-order valence-corrected chi connectivity index (χ0v) is 10.9. The minimum absolute atomic E-state index is 0.187. The molecule has 0 radical (unpaired) electrons. The molecule has 1 rings (SSSR count). The van der Waals surface area contributed by atoms with E-state index in [1.54, 1.807) is 0 Å². The SMILES string of the molecule is CCC(C)(C)Nc1ccc(C(F)(F)F)cc1C(=O)O. The number of hydrogen-bond donors (Lipinski definition) is 2. The second-order valence-electron chi connectivity index (χ2n) is 4.93. The fourth-order valence-electron chi connectivity index (χ4n) is 1.46. The van der Waals surface area contributed by atoms with E-state index in [0.29, 0.717) is 12.5 Å². The first-order chi connectivity index (χ1) is 8.57. The lowest BCUT2D eigenvalue weighted by molar-refractivity contribution is -0.137. The monoisotopic (exact) mass is 275 g/mol. The number of carboxylic acids is 1. The normalized spacial score (nSPS) is 12.3. The molecule has 0 saturated heterocycles. The number of aromatic carboxylic acids is 1. The number of alkyl halides is 3. The van der Waals surface area contributed by atoms with Gasteiger partial charge in [0.15, 0.2) is 0 Å². The zero-order valence-electron chi connectivity index (χ0n) is 10.9. The Hall–Kier alpha value is -1.72. The van der Waals surface area contributed by atoms with Gasteiger partial charge in [0.2, 0.25) is 0 Å². The maximum atomic E-state index is 12.6. The molecule has 0 aliphatic carbocycles. The molecule has 0 aliphatic rings. The summed E-state index contributed by atoms with van der Waals surface area (Å²) < 4.78 is 37.7. The van der Waals surface area contributed by atoms with Crippen LogP contribution in [0.2, 0.25) is 0 Å². The first kappa shape index (κ1) is 15.3. The maximum Gasteiger partial charge on any atom is 0.416 e. The van der Waals surface area contributed by atoms with Gasteiger partial charge in [0.25, 0.3) is 0 Å². The molecular weight excluding hydrogens is 259 g/mol. The fourth-order valence-corrected chi connectivity index (χ4v) is 1.46. The average molecular weight is 275 g/mol. The van der Waals surface area contributed by atoms with Crippen LogP contribution in [0.5, 0.6) is 0 Å². The molecule has 0 heterocycles. The van der Waals surface area contributed by atoms with Gasteiger partial charge in [0.1, 0.15) is 0 Å². The molecule has 0 fully saturated rings. The van der Waals surface area contributed by atoms with E-state index >= 15 is 0 Å². The van der Waals surface area contributed by atoms with Crippen molar-refractivity contribution >= 4 is 11.7 Å². The highest BCUT2D eigenvalue weighted by Gasteiger charge is 2.32. The molecule has 6 heteroatoms. The van der Waals surface area contributed by atoms with Crippen molar-refractivity contribution < 1.29 is 23.1 Å². The first-order valence-corrected chi connectivity index (χ1v) is 5.79. The molecule has 2 N–H and O–H groups in total. The zero-order chi connectivity index (χ0) is 14.8. The Bertz CT molecular complexity index is 481. The minimum Gasteiger partial charge on any atom is -0.478 e. The number of nitrogens with one attached hydrogen (secondary N) is 1. The predicted octanol–water partition coefficient (Wildman–Crippen LogP) is 4.00. The van der Waals surface area contributed by atoms with Gasteiger partial charge in [-0.3, -0.25) is 0 Å². The minimum atomic E-state index is -4.55. The summed E-state index contributed by atoms with van der Waals surface area (Å²) in [5.74, 6) is -1.39. The van der Waals surface area contributed by atoms with Crippen molar-refractivity contribution in [1.82, 2.24) is 0 Å². The molecule has 19 heavy (non-hydrogen) atoms. The lowest BCUT2D eigenvalue weighted by Crippen LogP contribution is -2.30. The molecule has 0 aliphatic heterocycles. The van der Waals surface area contributed by atoms with Gasteiger partial charge in [0, 0.05) is 11.2 Å². The Kier molecular flexibility index (Phi) is 4.12. The van der Waals surface area contributed by atoms with Crippen molar-refractivity contribution in [3.63, 3.8) is 0 Å². The van der Waals surface area contributed by atoms with E-state index in [9.17, 15) is 18.0 Å². The van der Waals surface area contributed by atoms with Gasteiger partial charge in [-0.25, -0.2) is 4.79 Å². The largest absolute Gasteiger partial charge is 0.478 e. The highest BCUT2D eigenvalue weighted by atomic mass is 19.4. The lowest BCUT2D eigenvalue weighted by atomic mass is 9.99. The number of rotatable bonds is 4. The van der Waals surface area contributed by atoms with Crippen molar-refractivity contribution in [2.75, 3.05) is 5.32 Å². The Morgan fingerprint density at radius 1 is 1.32 bits per heavy atom. The third-order valence-corrected chi connectivity index (χ3v) is 2.93. The van der Waals surface area contributed by atoms with Gasteiger partial charge in [-0.1, -0.05) is 6.92 Å². The van der Waals surface area contributed by atoms with Crippen LogP contribution < -0.4 is 5.32 Å². The first-order valence-electron chi connectivity index (χ1n) is 5.79. The van der Waals surface area contributed by atoms with Gasteiger partial charge in [0.05, 0.1) is 11.1 Å². The van der Waals surface area contributed by atoms with E-state index in [1.807, 2.05) is 20.8 Å². The van der Waals surface area contributed by atoms with E-state index in [0.717, 1.165) is 12.1 Å². The van der Waals surface area contributed by atoms with Crippen LogP contribution in [0.25, 0.3) is 0 Å². The molecule has 0 amide bonds. The Labute approximate surface area is 109 Å². The van der Waals surface area contributed by atoms with E-state index in [-0.39, 0.29) is 11.3 Å². The van der Waals surface area contributed by atoms with Crippen LogP contribution in [0.1, 0.15) is 43.1 Å². The maximum absolute atomic E-state index is 12.6. The molecule has 3 nitrogen and oxygen atoms in total. The molecule has 106 valence electrons. The summed E-state index contributed by atoms with van der Waals surface area (Å²) >= 11 is 0. The Morgan fingerprint density at radius 2 is 1.89 bits per heavy atom. The smallest absolute Gasteiger partial charge is 0.416 e. The van der Waals surface area contributed by atoms with Gasteiger partial charge < -0.3 is 10.4 Å². The number of carboxylic acid groups (broad SMARTS) is 1. The summed E-state index contributed by atoms with van der Waals surface area (Å²) in [6.07, 6.45) is -3.85. The summed E-state index contributed by atoms with van der Waals surface area (Å²) in [6, 6.07) is 2.68. The predicted molar refractivity (Wildman–Crippen MR) is 66.4 cm³/mol. The number of benzene rings is 1. The number of anilines is 1. The van der Waals surface area contributed by atoms with Crippen LogP contribution in [-0.4, -0.2) is 16.6 Å². The molecular formula is C13H16F3NO2. The third kappa shape index (κ3) is 3.87. The van der Waals surface area contributed by atoms with Gasteiger partial charge in [-0.15, -0.1) is 0 Å². The van der Waals surface area contributed by atoms with E-state index in [1.165, 1.54) is 0 Å². The highest BCUT2D eigenvalue weighted by Crippen LogP contribution is 2.32. The van der Waals surface area contributed by atoms with Crippen molar-refractivity contribution in [1.29, 1.82) is 0 Å². The topological polar surface area (TPSA) is 49.3 Å². The van der Waals surface area contributed by atoms with Crippen LogP contribution >= 0.6 is 0 Å². The Morgan fingerprint density at radius 3 is 2.32 bits per heavy atom. The van der Waals surface area contributed by atoms with Crippen molar-refractivity contribution in [3.05, 3.63) is 29.3 Å². The van der Waals surface area contributed by atoms with Gasteiger partial charge in [-0.05, 0) is 38.5 Å². The molecule has 1 aromatic rings. The van der Waals surface area contributed by atoms with E-state index < -0.39 is 23.2 Å². The molecule has 0 unspecified atom stereocenters. The standard InChI is InChI=1S/C13H16F3NO2/c1-4-12(2,3)17-10-6-5-8(13(14,15)16)7-9(10)11(18)19/h5-7,17H,4H2,1-3H3,(H,18,19). The quantitative estimate of drug-likeness (QED) is 0.873. The second-order valence-corrected chi connectivity index (χ2v) is 4.93. The van der Waals surface area contributed by atoms with Crippen LogP contribution in [-0.2, 0) is 6.18 Å². The summed E-state index contributed by atoms with van der Waals surface area (Å²) in [7, 11) is 0. The molecule has 0 bridgehead atoms.